The number of carbonyl (C=O) groups excluding carboxylic acids is 1. The van der Waals surface area contributed by atoms with Crippen LogP contribution in [-0.4, -0.2) is 5.91 Å². The van der Waals surface area contributed by atoms with Crippen LogP contribution in [0.3, 0.4) is 0 Å². The van der Waals surface area contributed by atoms with Gasteiger partial charge >= 0.3 is 0 Å². The quantitative estimate of drug-likeness (QED) is 0.871. The Morgan fingerprint density at radius 2 is 1.80 bits per heavy atom. The summed E-state index contributed by atoms with van der Waals surface area (Å²) in [5.74, 6) is -0.487. The molecule has 0 heterocycles. The zero-order chi connectivity index (χ0) is 14.5. The van der Waals surface area contributed by atoms with Gasteiger partial charge < -0.3 is 5.32 Å². The van der Waals surface area contributed by atoms with Crippen molar-refractivity contribution >= 4 is 34.8 Å². The second-order valence-electron chi connectivity index (χ2n) is 4.29. The van der Waals surface area contributed by atoms with E-state index in [4.69, 9.17) is 23.2 Å². The highest BCUT2D eigenvalue weighted by Crippen LogP contribution is 2.22. The molecule has 104 valence electrons. The van der Waals surface area contributed by atoms with Gasteiger partial charge in [-0.1, -0.05) is 29.3 Å². The first-order valence-electron chi connectivity index (χ1n) is 6.04. The summed E-state index contributed by atoms with van der Waals surface area (Å²) in [5.41, 5.74) is 1.43. The summed E-state index contributed by atoms with van der Waals surface area (Å²) in [6.07, 6.45) is 0.807. The Morgan fingerprint density at radius 1 is 1.10 bits per heavy atom. The summed E-state index contributed by atoms with van der Waals surface area (Å²) in [7, 11) is 0. The van der Waals surface area contributed by atoms with E-state index in [0.29, 0.717) is 28.6 Å². The fourth-order valence-corrected chi connectivity index (χ4v) is 2.23. The molecular weight excluding hydrogens is 300 g/mol. The maximum atomic E-state index is 12.7. The van der Waals surface area contributed by atoms with Crippen molar-refractivity contribution in [3.8, 4) is 0 Å². The van der Waals surface area contributed by atoms with Crippen molar-refractivity contribution in [2.24, 2.45) is 0 Å². The summed E-state index contributed by atoms with van der Waals surface area (Å²) in [6, 6.07) is 10.8. The van der Waals surface area contributed by atoms with Gasteiger partial charge in [-0.15, -0.1) is 0 Å². The Morgan fingerprint density at radius 3 is 2.45 bits per heavy atom. The second-order valence-corrected chi connectivity index (χ2v) is 5.13. The average Bonchev–Trinajstić information content (AvgIpc) is 2.40. The molecule has 0 radical (unpaired) electrons. The van der Waals surface area contributed by atoms with E-state index in [1.807, 2.05) is 0 Å². The maximum absolute atomic E-state index is 12.7. The number of hydrogen-bond donors (Lipinski definition) is 1. The molecule has 0 aliphatic carbocycles. The van der Waals surface area contributed by atoms with Gasteiger partial charge in [-0.25, -0.2) is 4.39 Å². The summed E-state index contributed by atoms with van der Waals surface area (Å²) in [5, 5.41) is 3.81. The van der Waals surface area contributed by atoms with Gasteiger partial charge in [0.15, 0.2) is 0 Å². The highest BCUT2D eigenvalue weighted by molar-refractivity contribution is 6.35. The maximum Gasteiger partial charge on any atom is 0.224 e. The molecular formula is C15H12Cl2FNO. The van der Waals surface area contributed by atoms with Crippen molar-refractivity contribution in [2.45, 2.75) is 12.8 Å². The predicted octanol–water partition coefficient (Wildman–Crippen LogP) is 4.70. The van der Waals surface area contributed by atoms with Crippen molar-refractivity contribution in [2.75, 3.05) is 5.32 Å². The number of aryl methyl sites for hydroxylation is 1. The molecule has 0 saturated carbocycles. The van der Waals surface area contributed by atoms with Crippen LogP contribution in [0.25, 0.3) is 0 Å². The molecule has 0 saturated heterocycles. The molecule has 2 rings (SSSR count). The van der Waals surface area contributed by atoms with Gasteiger partial charge in [0.25, 0.3) is 0 Å². The van der Waals surface area contributed by atoms with E-state index in [1.54, 1.807) is 18.2 Å². The molecule has 0 unspecified atom stereocenters. The lowest BCUT2D eigenvalue weighted by Gasteiger charge is -2.06. The van der Waals surface area contributed by atoms with Crippen molar-refractivity contribution in [3.63, 3.8) is 0 Å². The molecule has 0 aromatic heterocycles. The van der Waals surface area contributed by atoms with Crippen molar-refractivity contribution in [1.29, 1.82) is 0 Å². The van der Waals surface area contributed by atoms with E-state index in [9.17, 15) is 9.18 Å². The van der Waals surface area contributed by atoms with Gasteiger partial charge in [0.1, 0.15) is 5.82 Å². The van der Waals surface area contributed by atoms with Gasteiger partial charge in [-0.2, -0.15) is 0 Å². The lowest BCUT2D eigenvalue weighted by molar-refractivity contribution is -0.116. The van der Waals surface area contributed by atoms with Crippen molar-refractivity contribution < 1.29 is 9.18 Å². The Balaban J connectivity index is 1.90. The Hall–Kier alpha value is -1.58. The number of halogens is 3. The van der Waals surface area contributed by atoms with E-state index in [0.717, 1.165) is 5.56 Å². The third-order valence-corrected chi connectivity index (χ3v) is 3.35. The first-order chi connectivity index (χ1) is 9.54. The van der Waals surface area contributed by atoms with E-state index in [1.165, 1.54) is 24.3 Å². The van der Waals surface area contributed by atoms with Gasteiger partial charge in [0.2, 0.25) is 5.91 Å². The van der Waals surface area contributed by atoms with E-state index in [-0.39, 0.29) is 11.7 Å². The minimum Gasteiger partial charge on any atom is -0.326 e. The normalized spacial score (nSPS) is 10.3. The molecule has 2 aromatic carbocycles. The van der Waals surface area contributed by atoms with E-state index in [2.05, 4.69) is 5.32 Å². The first-order valence-corrected chi connectivity index (χ1v) is 6.79. The Labute approximate surface area is 126 Å². The lowest BCUT2D eigenvalue weighted by atomic mass is 10.1. The standard InChI is InChI=1S/C15H12Cl2FNO/c16-11-3-1-10(14(17)9-11)2-8-15(20)19-13-6-4-12(18)5-7-13/h1,3-7,9H,2,8H2,(H,19,20). The summed E-state index contributed by atoms with van der Waals surface area (Å²) in [6.45, 7) is 0. The summed E-state index contributed by atoms with van der Waals surface area (Å²) >= 11 is 11.8. The van der Waals surface area contributed by atoms with Gasteiger partial charge in [-0.3, -0.25) is 4.79 Å². The molecule has 0 spiro atoms. The molecule has 2 nitrogen and oxygen atoms in total. The molecule has 2 aromatic rings. The van der Waals surface area contributed by atoms with Crippen LogP contribution in [0.1, 0.15) is 12.0 Å². The molecule has 0 atom stereocenters. The van der Waals surface area contributed by atoms with Crippen molar-refractivity contribution in [3.05, 3.63) is 63.9 Å². The Bertz CT molecular complexity index is 614. The van der Waals surface area contributed by atoms with Crippen LogP contribution >= 0.6 is 23.2 Å². The fraction of sp³-hybridized carbons (Fsp3) is 0.133. The molecule has 0 fully saturated rings. The van der Waals surface area contributed by atoms with Crippen LogP contribution in [0.2, 0.25) is 10.0 Å². The molecule has 0 aliphatic heterocycles. The number of carbonyl (C=O) groups is 1. The first kappa shape index (κ1) is 14.8. The highest BCUT2D eigenvalue weighted by Gasteiger charge is 2.06. The monoisotopic (exact) mass is 311 g/mol. The highest BCUT2D eigenvalue weighted by atomic mass is 35.5. The second kappa shape index (κ2) is 6.73. The number of benzene rings is 2. The zero-order valence-corrected chi connectivity index (χ0v) is 12.0. The van der Waals surface area contributed by atoms with Crippen molar-refractivity contribution in [1.82, 2.24) is 0 Å². The lowest BCUT2D eigenvalue weighted by Crippen LogP contribution is -2.12. The topological polar surface area (TPSA) is 29.1 Å². The minimum absolute atomic E-state index is 0.150. The predicted molar refractivity (Wildman–Crippen MR) is 79.8 cm³/mol. The molecule has 0 bridgehead atoms. The van der Waals surface area contributed by atoms with E-state index < -0.39 is 0 Å². The van der Waals surface area contributed by atoms with E-state index >= 15 is 0 Å². The molecule has 0 aliphatic rings. The van der Waals surface area contributed by atoms with Crippen LogP contribution in [0.15, 0.2) is 42.5 Å². The van der Waals surface area contributed by atoms with Gasteiger partial charge in [0.05, 0.1) is 0 Å². The van der Waals surface area contributed by atoms with Crippen LogP contribution in [-0.2, 0) is 11.2 Å². The molecule has 20 heavy (non-hydrogen) atoms. The number of rotatable bonds is 4. The SMILES string of the molecule is O=C(CCc1ccc(Cl)cc1Cl)Nc1ccc(F)cc1. The molecule has 5 heteroatoms. The number of amides is 1. The number of nitrogens with one attached hydrogen (secondary N) is 1. The van der Waals surface area contributed by atoms with Gasteiger partial charge in [0, 0.05) is 22.2 Å². The van der Waals surface area contributed by atoms with Crippen LogP contribution in [0.4, 0.5) is 10.1 Å². The molecule has 1 amide bonds. The average molecular weight is 312 g/mol. The van der Waals surface area contributed by atoms with Gasteiger partial charge in [-0.05, 0) is 48.4 Å². The minimum atomic E-state index is -0.337. The number of anilines is 1. The third-order valence-electron chi connectivity index (χ3n) is 2.76. The largest absolute Gasteiger partial charge is 0.326 e. The fourth-order valence-electron chi connectivity index (χ4n) is 1.73. The van der Waals surface area contributed by atoms with Crippen LogP contribution < -0.4 is 5.32 Å². The summed E-state index contributed by atoms with van der Waals surface area (Å²) in [4.78, 5) is 11.8. The zero-order valence-electron chi connectivity index (χ0n) is 10.5. The summed E-state index contributed by atoms with van der Waals surface area (Å²) < 4.78 is 12.7. The van der Waals surface area contributed by atoms with Crippen LogP contribution in [0, 0.1) is 5.82 Å². The third kappa shape index (κ3) is 4.22. The number of hydrogen-bond acceptors (Lipinski definition) is 1. The smallest absolute Gasteiger partial charge is 0.224 e. The Kier molecular flexibility index (Phi) is 4.99. The van der Waals surface area contributed by atoms with Crippen LogP contribution in [0.5, 0.6) is 0 Å². The molecule has 1 N–H and O–H groups in total.